The Bertz CT molecular complexity index is 804. The van der Waals surface area contributed by atoms with E-state index in [1.165, 1.54) is 4.90 Å². The summed E-state index contributed by atoms with van der Waals surface area (Å²) in [6.07, 6.45) is 5.79. The first-order valence-corrected chi connectivity index (χ1v) is 9.40. The van der Waals surface area contributed by atoms with Crippen LogP contribution in [-0.4, -0.2) is 16.6 Å². The predicted molar refractivity (Wildman–Crippen MR) is 112 cm³/mol. The number of H-pyrrole nitrogens is 1. The number of nitrogens with zero attached hydrogens (tertiary/aromatic N) is 1. The molecule has 0 atom stereocenters. The highest BCUT2D eigenvalue weighted by Gasteiger charge is 2.13. The Morgan fingerprint density at radius 1 is 1.12 bits per heavy atom. The molecular weight excluding hydrogens is 364 g/mol. The van der Waals surface area contributed by atoms with Gasteiger partial charge in [-0.2, -0.15) is 0 Å². The molecule has 26 heavy (non-hydrogen) atoms. The number of ether oxygens (including phenoxy) is 1. The lowest BCUT2D eigenvalue weighted by atomic mass is 10.1. The topological polar surface area (TPSA) is 37.9 Å². The van der Waals surface area contributed by atoms with Crippen LogP contribution in [0.2, 0.25) is 0 Å². The predicted octanol–water partition coefficient (Wildman–Crippen LogP) is 6.19. The van der Waals surface area contributed by atoms with Crippen LogP contribution in [0.25, 0.3) is 5.57 Å². The molecule has 1 aromatic heterocycles. The van der Waals surface area contributed by atoms with E-state index in [0.29, 0.717) is 0 Å². The van der Waals surface area contributed by atoms with Crippen molar-refractivity contribution < 1.29 is 4.74 Å². The summed E-state index contributed by atoms with van der Waals surface area (Å²) < 4.78 is 6.02. The van der Waals surface area contributed by atoms with Crippen LogP contribution in [0, 0.1) is 0 Å². The minimum atomic E-state index is 0. The fourth-order valence-electron chi connectivity index (χ4n) is 2.43. The SMILES string of the molecule is CCCCOc1ccccc1/C(=C/Sc1ccccc1)c1ncc[nH]1.Cl. The third kappa shape index (κ3) is 5.41. The second-order valence-electron chi connectivity index (χ2n) is 5.60. The van der Waals surface area contributed by atoms with Crippen molar-refractivity contribution in [2.75, 3.05) is 6.61 Å². The van der Waals surface area contributed by atoms with Gasteiger partial charge < -0.3 is 9.72 Å². The molecule has 0 amide bonds. The Morgan fingerprint density at radius 3 is 2.62 bits per heavy atom. The van der Waals surface area contributed by atoms with E-state index in [-0.39, 0.29) is 12.4 Å². The van der Waals surface area contributed by atoms with Gasteiger partial charge in [-0.1, -0.05) is 61.5 Å². The number of hydrogen-bond donors (Lipinski definition) is 1. The van der Waals surface area contributed by atoms with Gasteiger partial charge in [-0.3, -0.25) is 0 Å². The molecule has 1 heterocycles. The number of unbranched alkanes of at least 4 members (excludes halogenated alkanes) is 1. The number of halogens is 1. The molecule has 2 aromatic carbocycles. The Balaban J connectivity index is 0.00000243. The monoisotopic (exact) mass is 386 g/mol. The molecule has 0 saturated carbocycles. The molecule has 0 saturated heterocycles. The number of imidazole rings is 1. The van der Waals surface area contributed by atoms with Crippen molar-refractivity contribution in [2.45, 2.75) is 24.7 Å². The summed E-state index contributed by atoms with van der Waals surface area (Å²) in [5, 5.41) is 2.14. The van der Waals surface area contributed by atoms with E-state index in [2.05, 4.69) is 40.5 Å². The van der Waals surface area contributed by atoms with Gasteiger partial charge in [0.25, 0.3) is 0 Å². The van der Waals surface area contributed by atoms with Crippen molar-refractivity contribution in [1.82, 2.24) is 9.97 Å². The molecule has 0 aliphatic carbocycles. The van der Waals surface area contributed by atoms with E-state index < -0.39 is 0 Å². The number of hydrogen-bond acceptors (Lipinski definition) is 3. The smallest absolute Gasteiger partial charge is 0.138 e. The van der Waals surface area contributed by atoms with E-state index in [1.807, 2.05) is 42.6 Å². The normalized spacial score (nSPS) is 11.0. The zero-order valence-corrected chi connectivity index (χ0v) is 16.4. The van der Waals surface area contributed by atoms with E-state index in [9.17, 15) is 0 Å². The highest BCUT2D eigenvalue weighted by atomic mass is 35.5. The summed E-state index contributed by atoms with van der Waals surface area (Å²) in [7, 11) is 0. The number of aromatic amines is 1. The molecule has 0 bridgehead atoms. The standard InChI is InChI=1S/C21H22N2OS.ClH/c1-2-3-15-24-20-12-8-7-11-18(20)19(21-22-13-14-23-21)16-25-17-9-5-4-6-10-17;/h4-14,16H,2-3,15H2,1H3,(H,22,23);1H/b19-16-;. The van der Waals surface area contributed by atoms with Gasteiger partial charge in [0.1, 0.15) is 11.6 Å². The highest BCUT2D eigenvalue weighted by molar-refractivity contribution is 8.02. The Morgan fingerprint density at radius 2 is 1.88 bits per heavy atom. The molecule has 3 nitrogen and oxygen atoms in total. The quantitative estimate of drug-likeness (QED) is 0.370. The maximum atomic E-state index is 6.02. The summed E-state index contributed by atoms with van der Waals surface area (Å²) >= 11 is 1.68. The average molecular weight is 387 g/mol. The number of nitrogens with one attached hydrogen (secondary N) is 1. The molecular formula is C21H23ClN2OS. The van der Waals surface area contributed by atoms with Crippen molar-refractivity contribution in [1.29, 1.82) is 0 Å². The van der Waals surface area contributed by atoms with Gasteiger partial charge in [0.15, 0.2) is 0 Å². The molecule has 3 aromatic rings. The van der Waals surface area contributed by atoms with E-state index >= 15 is 0 Å². The van der Waals surface area contributed by atoms with E-state index in [0.717, 1.165) is 42.2 Å². The van der Waals surface area contributed by atoms with Crippen LogP contribution in [0.15, 0.2) is 77.3 Å². The summed E-state index contributed by atoms with van der Waals surface area (Å²) in [5.41, 5.74) is 2.09. The van der Waals surface area contributed by atoms with Crippen molar-refractivity contribution in [2.24, 2.45) is 0 Å². The zero-order chi connectivity index (χ0) is 17.3. The first-order chi connectivity index (χ1) is 12.4. The van der Waals surface area contributed by atoms with Gasteiger partial charge in [-0.25, -0.2) is 4.98 Å². The van der Waals surface area contributed by atoms with Crippen molar-refractivity contribution in [3.05, 3.63) is 83.8 Å². The Hall–Kier alpha value is -2.17. The van der Waals surface area contributed by atoms with Gasteiger partial charge in [0.2, 0.25) is 0 Å². The Labute approximate surface area is 165 Å². The van der Waals surface area contributed by atoms with Crippen molar-refractivity contribution in [3.63, 3.8) is 0 Å². The number of aromatic nitrogens is 2. The van der Waals surface area contributed by atoms with Crippen LogP contribution in [0.1, 0.15) is 31.2 Å². The third-order valence-electron chi connectivity index (χ3n) is 3.74. The van der Waals surface area contributed by atoms with Gasteiger partial charge in [-0.15, -0.1) is 12.4 Å². The van der Waals surface area contributed by atoms with Gasteiger partial charge in [-0.05, 0) is 30.0 Å². The molecule has 5 heteroatoms. The second-order valence-corrected chi connectivity index (χ2v) is 6.54. The largest absolute Gasteiger partial charge is 0.493 e. The second kappa shape index (κ2) is 10.7. The van der Waals surface area contributed by atoms with Crippen LogP contribution in [-0.2, 0) is 0 Å². The van der Waals surface area contributed by atoms with Gasteiger partial charge >= 0.3 is 0 Å². The molecule has 0 aliphatic rings. The summed E-state index contributed by atoms with van der Waals surface area (Å²) in [6.45, 7) is 2.89. The van der Waals surface area contributed by atoms with Crippen LogP contribution in [0.5, 0.6) is 5.75 Å². The molecule has 0 radical (unpaired) electrons. The lowest BCUT2D eigenvalue weighted by Gasteiger charge is -2.13. The zero-order valence-electron chi connectivity index (χ0n) is 14.7. The fraction of sp³-hybridized carbons (Fsp3) is 0.190. The minimum Gasteiger partial charge on any atom is -0.493 e. The van der Waals surface area contributed by atoms with Gasteiger partial charge in [0, 0.05) is 28.4 Å². The van der Waals surface area contributed by atoms with Crippen molar-refractivity contribution >= 4 is 29.7 Å². The third-order valence-corrected chi connectivity index (χ3v) is 4.64. The van der Waals surface area contributed by atoms with Crippen LogP contribution < -0.4 is 4.74 Å². The molecule has 0 unspecified atom stereocenters. The van der Waals surface area contributed by atoms with Crippen molar-refractivity contribution in [3.8, 4) is 5.75 Å². The van der Waals surface area contributed by atoms with E-state index in [1.54, 1.807) is 18.0 Å². The van der Waals surface area contributed by atoms with Crippen LogP contribution >= 0.6 is 24.2 Å². The molecule has 136 valence electrons. The lowest BCUT2D eigenvalue weighted by molar-refractivity contribution is 0.308. The lowest BCUT2D eigenvalue weighted by Crippen LogP contribution is -2.00. The van der Waals surface area contributed by atoms with Crippen LogP contribution in [0.3, 0.4) is 0 Å². The first-order valence-electron chi connectivity index (χ1n) is 8.52. The summed E-state index contributed by atoms with van der Waals surface area (Å²) in [6, 6.07) is 18.5. The Kier molecular flexibility index (Phi) is 8.32. The number of rotatable bonds is 8. The molecule has 0 spiro atoms. The fourth-order valence-corrected chi connectivity index (χ4v) is 3.23. The number of thioether (sulfide) groups is 1. The molecule has 1 N–H and O–H groups in total. The molecule has 0 aliphatic heterocycles. The summed E-state index contributed by atoms with van der Waals surface area (Å²) in [5.74, 6) is 1.74. The van der Waals surface area contributed by atoms with E-state index in [4.69, 9.17) is 4.74 Å². The highest BCUT2D eigenvalue weighted by Crippen LogP contribution is 2.33. The average Bonchev–Trinajstić information content (AvgIpc) is 3.19. The first kappa shape index (κ1) is 20.1. The molecule has 3 rings (SSSR count). The van der Waals surface area contributed by atoms with Crippen LogP contribution in [0.4, 0.5) is 0 Å². The number of benzene rings is 2. The maximum absolute atomic E-state index is 6.02. The maximum Gasteiger partial charge on any atom is 0.138 e. The van der Waals surface area contributed by atoms with Gasteiger partial charge in [0.05, 0.1) is 6.61 Å². The number of para-hydroxylation sites is 1. The molecule has 0 fully saturated rings. The summed E-state index contributed by atoms with van der Waals surface area (Å²) in [4.78, 5) is 8.86. The minimum absolute atomic E-state index is 0.